The van der Waals surface area contributed by atoms with E-state index >= 15 is 0 Å². The first kappa shape index (κ1) is 14.5. The molecule has 1 atom stereocenters. The van der Waals surface area contributed by atoms with Crippen molar-refractivity contribution in [3.8, 4) is 0 Å². The lowest BCUT2D eigenvalue weighted by Crippen LogP contribution is -2.37. The molecule has 0 radical (unpaired) electrons. The van der Waals surface area contributed by atoms with Gasteiger partial charge in [-0.1, -0.05) is 32.9 Å². The molecular weight excluding hydrogens is 237 g/mol. The SMILES string of the molecule is CCC(NC1CCC(C)(C)CC1)c1ccc(F)cc1. The van der Waals surface area contributed by atoms with Gasteiger partial charge in [-0.25, -0.2) is 4.39 Å². The largest absolute Gasteiger partial charge is 0.307 e. The van der Waals surface area contributed by atoms with Crippen molar-refractivity contribution < 1.29 is 4.39 Å². The van der Waals surface area contributed by atoms with Crippen molar-refractivity contribution in [2.75, 3.05) is 0 Å². The van der Waals surface area contributed by atoms with Crippen molar-refractivity contribution in [1.29, 1.82) is 0 Å². The van der Waals surface area contributed by atoms with Crippen LogP contribution < -0.4 is 5.32 Å². The molecule has 1 unspecified atom stereocenters. The van der Waals surface area contributed by atoms with E-state index in [0.717, 1.165) is 6.42 Å². The highest BCUT2D eigenvalue weighted by atomic mass is 19.1. The fourth-order valence-corrected chi connectivity index (χ4v) is 3.00. The predicted molar refractivity (Wildman–Crippen MR) is 78.6 cm³/mol. The zero-order chi connectivity index (χ0) is 13.9. The second kappa shape index (κ2) is 6.04. The molecule has 1 fully saturated rings. The summed E-state index contributed by atoms with van der Waals surface area (Å²) in [7, 11) is 0. The summed E-state index contributed by atoms with van der Waals surface area (Å²) in [5.41, 5.74) is 1.71. The van der Waals surface area contributed by atoms with E-state index in [1.807, 2.05) is 12.1 Å². The van der Waals surface area contributed by atoms with Gasteiger partial charge < -0.3 is 5.32 Å². The number of hydrogen-bond acceptors (Lipinski definition) is 1. The van der Waals surface area contributed by atoms with Gasteiger partial charge in [-0.2, -0.15) is 0 Å². The molecule has 0 aliphatic heterocycles. The fourth-order valence-electron chi connectivity index (χ4n) is 3.00. The molecule has 0 saturated heterocycles. The Labute approximate surface area is 116 Å². The third-order valence-electron chi connectivity index (χ3n) is 4.46. The molecule has 1 N–H and O–H groups in total. The Morgan fingerprint density at radius 3 is 2.32 bits per heavy atom. The van der Waals surface area contributed by atoms with Crippen LogP contribution in [0.15, 0.2) is 24.3 Å². The standard InChI is InChI=1S/C17H26FN/c1-4-16(13-5-7-14(18)8-6-13)19-15-9-11-17(2,3)12-10-15/h5-8,15-16,19H,4,9-12H2,1-3H3. The number of hydrogen-bond donors (Lipinski definition) is 1. The Bertz CT molecular complexity index is 386. The average Bonchev–Trinajstić information content (AvgIpc) is 2.39. The van der Waals surface area contributed by atoms with Crippen molar-refractivity contribution in [3.63, 3.8) is 0 Å². The Morgan fingerprint density at radius 1 is 1.21 bits per heavy atom. The second-order valence-corrected chi connectivity index (χ2v) is 6.62. The molecule has 19 heavy (non-hydrogen) atoms. The Morgan fingerprint density at radius 2 is 1.79 bits per heavy atom. The molecule has 0 heterocycles. The maximum atomic E-state index is 13.0. The van der Waals surface area contributed by atoms with Crippen LogP contribution in [0.2, 0.25) is 0 Å². The van der Waals surface area contributed by atoms with E-state index in [4.69, 9.17) is 0 Å². The van der Waals surface area contributed by atoms with Crippen molar-refractivity contribution in [2.24, 2.45) is 5.41 Å². The lowest BCUT2D eigenvalue weighted by Gasteiger charge is -2.36. The molecule has 1 aromatic rings. The number of benzene rings is 1. The summed E-state index contributed by atoms with van der Waals surface area (Å²) < 4.78 is 13.0. The molecule has 1 aliphatic rings. The number of nitrogens with one attached hydrogen (secondary N) is 1. The van der Waals surface area contributed by atoms with E-state index in [2.05, 4.69) is 26.1 Å². The summed E-state index contributed by atoms with van der Waals surface area (Å²) in [6, 6.07) is 7.90. The Kier molecular flexibility index (Phi) is 4.62. The van der Waals surface area contributed by atoms with Crippen molar-refractivity contribution in [1.82, 2.24) is 5.32 Å². The minimum Gasteiger partial charge on any atom is -0.307 e. The van der Waals surface area contributed by atoms with Crippen LogP contribution in [0, 0.1) is 11.2 Å². The first-order valence-electron chi connectivity index (χ1n) is 7.52. The van der Waals surface area contributed by atoms with E-state index in [1.165, 1.54) is 31.2 Å². The molecule has 2 rings (SSSR count). The van der Waals surface area contributed by atoms with Crippen LogP contribution in [-0.4, -0.2) is 6.04 Å². The molecule has 1 saturated carbocycles. The van der Waals surface area contributed by atoms with Crippen molar-refractivity contribution >= 4 is 0 Å². The minimum atomic E-state index is -0.155. The minimum absolute atomic E-state index is 0.155. The van der Waals surface area contributed by atoms with Gasteiger partial charge >= 0.3 is 0 Å². The summed E-state index contributed by atoms with van der Waals surface area (Å²) in [5.74, 6) is -0.155. The molecule has 0 amide bonds. The molecule has 106 valence electrons. The summed E-state index contributed by atoms with van der Waals surface area (Å²) in [6.45, 7) is 6.91. The third kappa shape index (κ3) is 4.04. The monoisotopic (exact) mass is 263 g/mol. The van der Waals surface area contributed by atoms with Crippen molar-refractivity contribution in [3.05, 3.63) is 35.6 Å². The van der Waals surface area contributed by atoms with E-state index in [1.54, 1.807) is 12.1 Å². The van der Waals surface area contributed by atoms with Crippen LogP contribution in [0.25, 0.3) is 0 Å². The van der Waals surface area contributed by atoms with Gasteiger partial charge in [0.2, 0.25) is 0 Å². The van der Waals surface area contributed by atoms with Gasteiger partial charge in [-0.05, 0) is 55.2 Å². The van der Waals surface area contributed by atoms with Gasteiger partial charge in [-0.3, -0.25) is 0 Å². The Balaban J connectivity index is 1.94. The number of halogens is 1. The molecule has 2 heteroatoms. The van der Waals surface area contributed by atoms with Gasteiger partial charge in [0, 0.05) is 12.1 Å². The number of rotatable bonds is 4. The van der Waals surface area contributed by atoms with Gasteiger partial charge in [0.25, 0.3) is 0 Å². The molecule has 0 bridgehead atoms. The van der Waals surface area contributed by atoms with Crippen LogP contribution in [0.5, 0.6) is 0 Å². The Hall–Kier alpha value is -0.890. The molecule has 1 nitrogen and oxygen atoms in total. The average molecular weight is 263 g/mol. The first-order valence-corrected chi connectivity index (χ1v) is 7.52. The van der Waals surface area contributed by atoms with Gasteiger partial charge in [-0.15, -0.1) is 0 Å². The lowest BCUT2D eigenvalue weighted by atomic mass is 9.75. The third-order valence-corrected chi connectivity index (χ3v) is 4.46. The molecule has 1 aliphatic carbocycles. The van der Waals surface area contributed by atoms with Crippen LogP contribution in [0.4, 0.5) is 4.39 Å². The highest BCUT2D eigenvalue weighted by Gasteiger charge is 2.27. The zero-order valence-electron chi connectivity index (χ0n) is 12.4. The topological polar surface area (TPSA) is 12.0 Å². The highest BCUT2D eigenvalue weighted by Crippen LogP contribution is 2.36. The summed E-state index contributed by atoms with van der Waals surface area (Å²) in [4.78, 5) is 0. The second-order valence-electron chi connectivity index (χ2n) is 6.62. The fraction of sp³-hybridized carbons (Fsp3) is 0.647. The molecule has 1 aromatic carbocycles. The summed E-state index contributed by atoms with van der Waals surface area (Å²) >= 11 is 0. The smallest absolute Gasteiger partial charge is 0.123 e. The normalized spacial score (nSPS) is 21.3. The molecule has 0 spiro atoms. The lowest BCUT2D eigenvalue weighted by molar-refractivity contribution is 0.197. The van der Waals surface area contributed by atoms with Crippen molar-refractivity contribution in [2.45, 2.75) is 65.0 Å². The van der Waals surface area contributed by atoms with E-state index in [9.17, 15) is 4.39 Å². The van der Waals surface area contributed by atoms with Gasteiger partial charge in [0.1, 0.15) is 5.82 Å². The van der Waals surface area contributed by atoms with E-state index in [-0.39, 0.29) is 5.82 Å². The maximum absolute atomic E-state index is 13.0. The van der Waals surface area contributed by atoms with Crippen LogP contribution in [-0.2, 0) is 0 Å². The van der Waals surface area contributed by atoms with E-state index in [0.29, 0.717) is 17.5 Å². The first-order chi connectivity index (χ1) is 9.00. The quantitative estimate of drug-likeness (QED) is 0.820. The van der Waals surface area contributed by atoms with Gasteiger partial charge in [0.05, 0.1) is 0 Å². The van der Waals surface area contributed by atoms with Crippen LogP contribution in [0.3, 0.4) is 0 Å². The van der Waals surface area contributed by atoms with Gasteiger partial charge in [0.15, 0.2) is 0 Å². The molecule has 0 aromatic heterocycles. The summed E-state index contributed by atoms with van der Waals surface area (Å²) in [5, 5.41) is 3.76. The highest BCUT2D eigenvalue weighted by molar-refractivity contribution is 5.20. The van der Waals surface area contributed by atoms with Crippen LogP contribution in [0.1, 0.15) is 64.5 Å². The van der Waals surface area contributed by atoms with Crippen LogP contribution >= 0.6 is 0 Å². The zero-order valence-corrected chi connectivity index (χ0v) is 12.4. The maximum Gasteiger partial charge on any atom is 0.123 e. The molecular formula is C17H26FN. The predicted octanol–water partition coefficient (Wildman–Crippen LogP) is 4.84. The summed E-state index contributed by atoms with van der Waals surface area (Å²) in [6.07, 6.45) is 6.15. The van der Waals surface area contributed by atoms with E-state index < -0.39 is 0 Å².